The summed E-state index contributed by atoms with van der Waals surface area (Å²) in [5.41, 5.74) is 5.94. The minimum absolute atomic E-state index is 0. The molecule has 1 aliphatic carbocycles. The van der Waals surface area contributed by atoms with E-state index in [-0.39, 0.29) is 40.6 Å². The van der Waals surface area contributed by atoms with Crippen LogP contribution < -0.4 is 15.2 Å². The number of carbonyl (C=O) groups excluding carboxylic acids is 1. The average molecular weight is 393 g/mol. The second kappa shape index (κ2) is 9.38. The van der Waals surface area contributed by atoms with Gasteiger partial charge in [-0.1, -0.05) is 12.8 Å². The molecule has 0 bridgehead atoms. The number of nitrogens with one attached hydrogen (secondary N) is 1. The summed E-state index contributed by atoms with van der Waals surface area (Å²) < 4.78 is 37.8. The van der Waals surface area contributed by atoms with Crippen molar-refractivity contribution in [3.05, 3.63) is 23.8 Å². The Morgan fingerprint density at radius 1 is 1.28 bits per heavy atom. The van der Waals surface area contributed by atoms with Crippen molar-refractivity contribution < 1.29 is 22.7 Å². The van der Waals surface area contributed by atoms with Crippen molar-refractivity contribution in [2.45, 2.75) is 36.6 Å². The van der Waals surface area contributed by atoms with E-state index < -0.39 is 16.0 Å². The largest absolute Gasteiger partial charge is 0.496 e. The zero-order valence-corrected chi connectivity index (χ0v) is 16.0. The number of esters is 1. The number of ether oxygens (including phenoxy) is 2. The minimum Gasteiger partial charge on any atom is -0.496 e. The fourth-order valence-electron chi connectivity index (χ4n) is 3.03. The highest BCUT2D eigenvalue weighted by Crippen LogP contribution is 2.27. The molecule has 0 aromatic heterocycles. The standard InChI is InChI=1S/C16H24N2O5S.ClH/c1-22-15-9-12(7-8-13(15)16(19)23-2)24(20,21)18-14-6-4-3-5-11(14)10-17;/h7-9,11,14,18H,3-6,10,17H2,1-2H3;1H. The zero-order valence-electron chi connectivity index (χ0n) is 14.4. The Kier molecular flexibility index (Phi) is 8.14. The molecule has 0 heterocycles. The lowest BCUT2D eigenvalue weighted by Gasteiger charge is -2.31. The van der Waals surface area contributed by atoms with Gasteiger partial charge in [-0.15, -0.1) is 12.4 Å². The number of nitrogens with two attached hydrogens (primary N) is 1. The monoisotopic (exact) mass is 392 g/mol. The molecular formula is C16H25ClN2O5S. The van der Waals surface area contributed by atoms with E-state index in [1.54, 1.807) is 0 Å². The van der Waals surface area contributed by atoms with E-state index in [1.807, 2.05) is 0 Å². The van der Waals surface area contributed by atoms with Crippen molar-refractivity contribution >= 4 is 28.4 Å². The SMILES string of the molecule is COC(=O)c1ccc(S(=O)(=O)NC2CCCCC2CN)cc1OC.Cl. The lowest BCUT2D eigenvalue weighted by atomic mass is 9.85. The van der Waals surface area contributed by atoms with Crippen LogP contribution in [0.25, 0.3) is 0 Å². The van der Waals surface area contributed by atoms with Gasteiger partial charge in [-0.25, -0.2) is 17.9 Å². The fourth-order valence-corrected chi connectivity index (χ4v) is 4.38. The van der Waals surface area contributed by atoms with E-state index in [4.69, 9.17) is 10.5 Å². The van der Waals surface area contributed by atoms with Crippen molar-refractivity contribution in [1.29, 1.82) is 0 Å². The molecule has 25 heavy (non-hydrogen) atoms. The molecule has 142 valence electrons. The lowest BCUT2D eigenvalue weighted by molar-refractivity contribution is 0.0597. The summed E-state index contributed by atoms with van der Waals surface area (Å²) in [6, 6.07) is 3.92. The van der Waals surface area contributed by atoms with Gasteiger partial charge in [-0.3, -0.25) is 0 Å². The molecule has 2 rings (SSSR count). The summed E-state index contributed by atoms with van der Waals surface area (Å²) in [6.45, 7) is 0.456. The van der Waals surface area contributed by atoms with Crippen LogP contribution >= 0.6 is 12.4 Å². The van der Waals surface area contributed by atoms with E-state index in [2.05, 4.69) is 9.46 Å². The highest BCUT2D eigenvalue weighted by atomic mass is 35.5. The Bertz CT molecular complexity index is 696. The maximum absolute atomic E-state index is 12.7. The molecule has 3 N–H and O–H groups in total. The highest BCUT2D eigenvalue weighted by Gasteiger charge is 2.29. The molecule has 1 aromatic rings. The Hall–Kier alpha value is -1.35. The van der Waals surface area contributed by atoms with E-state index in [1.165, 1.54) is 32.4 Å². The van der Waals surface area contributed by atoms with Gasteiger partial charge in [0, 0.05) is 12.1 Å². The van der Waals surface area contributed by atoms with Crippen molar-refractivity contribution in [3.63, 3.8) is 0 Å². The number of hydrogen-bond donors (Lipinski definition) is 2. The van der Waals surface area contributed by atoms with Gasteiger partial charge in [0.1, 0.15) is 11.3 Å². The lowest BCUT2D eigenvalue weighted by Crippen LogP contribution is -2.44. The van der Waals surface area contributed by atoms with Crippen LogP contribution in [0.15, 0.2) is 23.1 Å². The van der Waals surface area contributed by atoms with Crippen molar-refractivity contribution in [3.8, 4) is 5.75 Å². The Balaban J connectivity index is 0.00000312. The molecule has 7 nitrogen and oxygen atoms in total. The first-order valence-electron chi connectivity index (χ1n) is 7.91. The van der Waals surface area contributed by atoms with Gasteiger partial charge in [0.25, 0.3) is 0 Å². The zero-order chi connectivity index (χ0) is 17.7. The molecule has 0 spiro atoms. The highest BCUT2D eigenvalue weighted by molar-refractivity contribution is 7.89. The fraction of sp³-hybridized carbons (Fsp3) is 0.562. The molecule has 0 amide bonds. The van der Waals surface area contributed by atoms with Crippen molar-refractivity contribution in [2.75, 3.05) is 20.8 Å². The maximum atomic E-state index is 12.7. The summed E-state index contributed by atoms with van der Waals surface area (Å²) in [7, 11) is -1.10. The molecule has 0 radical (unpaired) electrons. The van der Waals surface area contributed by atoms with E-state index in [0.717, 1.165) is 25.7 Å². The first-order valence-corrected chi connectivity index (χ1v) is 9.40. The number of halogens is 1. The normalized spacial score (nSPS) is 20.4. The minimum atomic E-state index is -3.72. The van der Waals surface area contributed by atoms with Gasteiger partial charge in [-0.05, 0) is 37.4 Å². The summed E-state index contributed by atoms with van der Waals surface area (Å²) >= 11 is 0. The van der Waals surface area contributed by atoms with Gasteiger partial charge >= 0.3 is 5.97 Å². The number of benzene rings is 1. The Morgan fingerprint density at radius 3 is 2.56 bits per heavy atom. The molecule has 1 aromatic carbocycles. The van der Waals surface area contributed by atoms with Crippen LogP contribution in [0.2, 0.25) is 0 Å². The molecule has 2 unspecified atom stereocenters. The maximum Gasteiger partial charge on any atom is 0.341 e. The number of rotatable bonds is 6. The van der Waals surface area contributed by atoms with E-state index in [0.29, 0.717) is 6.54 Å². The smallest absolute Gasteiger partial charge is 0.341 e. The molecule has 0 aliphatic heterocycles. The number of hydrogen-bond acceptors (Lipinski definition) is 6. The first kappa shape index (κ1) is 21.7. The predicted octanol–water partition coefficient (Wildman–Crippen LogP) is 1.70. The van der Waals surface area contributed by atoms with Gasteiger partial charge in [0.05, 0.1) is 19.1 Å². The van der Waals surface area contributed by atoms with Crippen molar-refractivity contribution in [1.82, 2.24) is 4.72 Å². The summed E-state index contributed by atoms with van der Waals surface area (Å²) in [5.74, 6) is -0.284. The Morgan fingerprint density at radius 2 is 1.96 bits per heavy atom. The van der Waals surface area contributed by atoms with Gasteiger partial charge in [0.15, 0.2) is 0 Å². The number of methoxy groups -OCH3 is 2. The second-order valence-electron chi connectivity index (χ2n) is 5.86. The van der Waals surface area contributed by atoms with Gasteiger partial charge in [0.2, 0.25) is 10.0 Å². The number of sulfonamides is 1. The first-order chi connectivity index (χ1) is 11.4. The summed E-state index contributed by atoms with van der Waals surface area (Å²) in [5, 5.41) is 0. The molecule has 9 heteroatoms. The molecule has 1 saturated carbocycles. The third-order valence-electron chi connectivity index (χ3n) is 4.41. The third kappa shape index (κ3) is 5.07. The Labute approximate surface area is 154 Å². The van der Waals surface area contributed by atoms with Crippen LogP contribution in [0.4, 0.5) is 0 Å². The molecule has 1 fully saturated rings. The van der Waals surface area contributed by atoms with Gasteiger partial charge in [-0.2, -0.15) is 0 Å². The predicted molar refractivity (Wildman–Crippen MR) is 96.7 cm³/mol. The average Bonchev–Trinajstić information content (AvgIpc) is 2.60. The van der Waals surface area contributed by atoms with Crippen LogP contribution in [-0.4, -0.2) is 41.2 Å². The van der Waals surface area contributed by atoms with Crippen molar-refractivity contribution in [2.24, 2.45) is 11.7 Å². The van der Waals surface area contributed by atoms with Crippen LogP contribution in [0.5, 0.6) is 5.75 Å². The number of carbonyl (C=O) groups is 1. The second-order valence-corrected chi connectivity index (χ2v) is 7.58. The quantitative estimate of drug-likeness (QED) is 0.713. The van der Waals surface area contributed by atoms with E-state index in [9.17, 15) is 13.2 Å². The molecule has 0 saturated heterocycles. The molecule has 1 aliphatic rings. The van der Waals surface area contributed by atoms with E-state index >= 15 is 0 Å². The third-order valence-corrected chi connectivity index (χ3v) is 5.89. The van der Waals surface area contributed by atoms with Crippen LogP contribution in [-0.2, 0) is 14.8 Å². The summed E-state index contributed by atoms with van der Waals surface area (Å²) in [4.78, 5) is 11.7. The topological polar surface area (TPSA) is 108 Å². The van der Waals surface area contributed by atoms with Crippen LogP contribution in [0.1, 0.15) is 36.0 Å². The van der Waals surface area contributed by atoms with Crippen LogP contribution in [0, 0.1) is 5.92 Å². The van der Waals surface area contributed by atoms with Gasteiger partial charge < -0.3 is 15.2 Å². The molecular weight excluding hydrogens is 368 g/mol. The summed E-state index contributed by atoms with van der Waals surface area (Å²) in [6.07, 6.45) is 3.75. The molecule has 2 atom stereocenters. The van der Waals surface area contributed by atoms with Crippen LogP contribution in [0.3, 0.4) is 0 Å².